The Kier molecular flexibility index (Phi) is 7.74. The summed E-state index contributed by atoms with van der Waals surface area (Å²) in [6.45, 7) is 1.46. The number of piperidine rings is 2. The van der Waals surface area contributed by atoms with Crippen LogP contribution in [0.25, 0.3) is 0 Å². The monoisotopic (exact) mass is 535 g/mol. The van der Waals surface area contributed by atoms with Crippen LogP contribution in [-0.4, -0.2) is 66.3 Å². The fraction of sp³-hybridized carbons (Fsp3) is 0.379. The lowest BCUT2D eigenvalue weighted by Gasteiger charge is -2.51. The number of benzene rings is 2. The largest absolute Gasteiger partial charge is 0.445 e. The van der Waals surface area contributed by atoms with Crippen molar-refractivity contribution >= 4 is 23.7 Å². The first kappa shape index (κ1) is 26.6. The standard InChI is InChI=1S/C29H30FN3O6/c30-22-8-6-20(7-9-22)18-31-26(35)24-25(34)27(36)33-15-17-38-16-10-23(33)29(24)11-13-32(14-12-29)28(37)39-19-21-4-2-1-3-5-21/h1-10,24H,11-19H2,(H,31,35). The van der Waals surface area contributed by atoms with Crippen LogP contribution >= 0.6 is 0 Å². The molecular weight excluding hydrogens is 505 g/mol. The third kappa shape index (κ3) is 5.42. The molecule has 10 heteroatoms. The third-order valence-corrected chi connectivity index (χ3v) is 7.69. The molecule has 3 aliphatic heterocycles. The summed E-state index contributed by atoms with van der Waals surface area (Å²) in [7, 11) is 0. The highest BCUT2D eigenvalue weighted by Gasteiger charge is 2.59. The molecule has 3 aliphatic rings. The van der Waals surface area contributed by atoms with Crippen LogP contribution in [0, 0.1) is 17.2 Å². The van der Waals surface area contributed by atoms with E-state index in [0.717, 1.165) is 5.56 Å². The van der Waals surface area contributed by atoms with Crippen molar-refractivity contribution in [1.29, 1.82) is 0 Å². The number of carbonyl (C=O) groups is 4. The van der Waals surface area contributed by atoms with Crippen molar-refractivity contribution in [1.82, 2.24) is 15.1 Å². The topological polar surface area (TPSA) is 105 Å². The molecule has 2 saturated heterocycles. The molecule has 0 radical (unpaired) electrons. The second-order valence-corrected chi connectivity index (χ2v) is 9.95. The number of hydrogen-bond donors (Lipinski definition) is 1. The summed E-state index contributed by atoms with van der Waals surface area (Å²) in [5, 5.41) is 2.78. The minimum atomic E-state index is -1.26. The number of allylic oxidation sites excluding steroid dienone is 1. The van der Waals surface area contributed by atoms with Crippen LogP contribution < -0.4 is 5.32 Å². The summed E-state index contributed by atoms with van der Waals surface area (Å²) in [6.07, 6.45) is 1.90. The summed E-state index contributed by atoms with van der Waals surface area (Å²) in [5.74, 6) is -3.72. The first-order chi connectivity index (χ1) is 18.9. The Morgan fingerprint density at radius 1 is 1.00 bits per heavy atom. The fourth-order valence-corrected chi connectivity index (χ4v) is 5.65. The lowest BCUT2D eigenvalue weighted by Crippen LogP contribution is -2.62. The highest BCUT2D eigenvalue weighted by atomic mass is 19.1. The van der Waals surface area contributed by atoms with Crippen LogP contribution in [0.15, 0.2) is 66.4 Å². The average Bonchev–Trinajstić information content (AvgIpc) is 3.23. The first-order valence-electron chi connectivity index (χ1n) is 13.0. The molecule has 0 saturated carbocycles. The van der Waals surface area contributed by atoms with E-state index in [1.807, 2.05) is 30.3 Å². The van der Waals surface area contributed by atoms with Crippen molar-refractivity contribution in [3.8, 4) is 0 Å². The molecule has 2 aromatic carbocycles. The van der Waals surface area contributed by atoms with E-state index in [1.165, 1.54) is 17.0 Å². The van der Waals surface area contributed by atoms with Gasteiger partial charge in [-0.3, -0.25) is 14.4 Å². The third-order valence-electron chi connectivity index (χ3n) is 7.69. The SMILES string of the molecule is O=C(NCc1ccc(F)cc1)C1C(=O)C(=O)N2CCOCC=C2C12CCN(C(=O)OCc1ccccc1)CC2. The number of fused-ring (bicyclic) bond motifs is 2. The van der Waals surface area contributed by atoms with Crippen molar-refractivity contribution in [3.63, 3.8) is 0 Å². The van der Waals surface area contributed by atoms with Crippen LogP contribution in [0.4, 0.5) is 9.18 Å². The molecule has 204 valence electrons. The van der Waals surface area contributed by atoms with E-state index in [-0.39, 0.29) is 46.0 Å². The Hall–Kier alpha value is -4.05. The molecule has 39 heavy (non-hydrogen) atoms. The van der Waals surface area contributed by atoms with Crippen LogP contribution in [-0.2, 0) is 37.0 Å². The van der Waals surface area contributed by atoms with Crippen molar-refractivity contribution in [2.24, 2.45) is 11.3 Å². The molecule has 3 heterocycles. The van der Waals surface area contributed by atoms with E-state index in [0.29, 0.717) is 24.1 Å². The van der Waals surface area contributed by atoms with Gasteiger partial charge in [0.1, 0.15) is 18.3 Å². The fourth-order valence-electron chi connectivity index (χ4n) is 5.65. The Morgan fingerprint density at radius 3 is 2.44 bits per heavy atom. The molecule has 2 aromatic rings. The van der Waals surface area contributed by atoms with Gasteiger partial charge < -0.3 is 24.6 Å². The van der Waals surface area contributed by atoms with Crippen molar-refractivity contribution in [2.75, 3.05) is 32.8 Å². The van der Waals surface area contributed by atoms with Gasteiger partial charge in [0.2, 0.25) is 11.7 Å². The minimum Gasteiger partial charge on any atom is -0.445 e. The van der Waals surface area contributed by atoms with Gasteiger partial charge in [-0.15, -0.1) is 0 Å². The number of likely N-dealkylation sites (tertiary alicyclic amines) is 1. The van der Waals surface area contributed by atoms with E-state index in [9.17, 15) is 23.6 Å². The second-order valence-electron chi connectivity index (χ2n) is 9.95. The normalized spacial score (nSPS) is 20.6. The molecule has 1 N–H and O–H groups in total. The van der Waals surface area contributed by atoms with Crippen LogP contribution in [0.3, 0.4) is 0 Å². The van der Waals surface area contributed by atoms with Gasteiger partial charge in [-0.2, -0.15) is 0 Å². The molecule has 1 unspecified atom stereocenters. The van der Waals surface area contributed by atoms with Gasteiger partial charge in [-0.05, 0) is 42.2 Å². The van der Waals surface area contributed by atoms with E-state index in [2.05, 4.69) is 5.32 Å². The number of rotatable bonds is 5. The average molecular weight is 536 g/mol. The van der Waals surface area contributed by atoms with Crippen LogP contribution in [0.1, 0.15) is 24.0 Å². The summed E-state index contributed by atoms with van der Waals surface area (Å²) in [5.41, 5.74) is 1.15. The molecule has 9 nitrogen and oxygen atoms in total. The zero-order chi connectivity index (χ0) is 27.4. The highest BCUT2D eigenvalue weighted by molar-refractivity contribution is 6.42. The predicted octanol–water partition coefficient (Wildman–Crippen LogP) is 2.80. The van der Waals surface area contributed by atoms with Gasteiger partial charge >= 0.3 is 6.09 Å². The number of amides is 3. The van der Waals surface area contributed by atoms with E-state index in [1.54, 1.807) is 23.1 Å². The Morgan fingerprint density at radius 2 is 1.72 bits per heavy atom. The number of Topliss-reactive ketones (excluding diaryl/α,β-unsaturated/α-hetero) is 1. The van der Waals surface area contributed by atoms with Gasteiger partial charge in [-0.1, -0.05) is 42.5 Å². The smallest absolute Gasteiger partial charge is 0.410 e. The second kappa shape index (κ2) is 11.4. The number of halogens is 1. The predicted molar refractivity (Wildman–Crippen MR) is 137 cm³/mol. The van der Waals surface area contributed by atoms with E-state index >= 15 is 0 Å². The molecule has 3 amide bonds. The van der Waals surface area contributed by atoms with Gasteiger partial charge in [-0.25, -0.2) is 9.18 Å². The maximum absolute atomic E-state index is 13.6. The van der Waals surface area contributed by atoms with Crippen molar-refractivity contribution in [2.45, 2.75) is 26.0 Å². The number of ether oxygens (including phenoxy) is 2. The van der Waals surface area contributed by atoms with Crippen LogP contribution in [0.2, 0.25) is 0 Å². The maximum Gasteiger partial charge on any atom is 0.410 e. The van der Waals surface area contributed by atoms with Gasteiger partial charge in [0.25, 0.3) is 5.91 Å². The lowest BCUT2D eigenvalue weighted by atomic mass is 9.61. The number of hydrogen-bond acceptors (Lipinski definition) is 6. The number of carbonyl (C=O) groups excluding carboxylic acids is 4. The van der Waals surface area contributed by atoms with Gasteiger partial charge in [0, 0.05) is 37.3 Å². The van der Waals surface area contributed by atoms with Crippen LogP contribution in [0.5, 0.6) is 0 Å². The molecule has 1 spiro atoms. The molecule has 1 atom stereocenters. The van der Waals surface area contributed by atoms with Gasteiger partial charge in [0.15, 0.2) is 0 Å². The Labute approximate surface area is 225 Å². The summed E-state index contributed by atoms with van der Waals surface area (Å²) >= 11 is 0. The highest BCUT2D eigenvalue weighted by Crippen LogP contribution is 2.50. The zero-order valence-electron chi connectivity index (χ0n) is 21.4. The minimum absolute atomic E-state index is 0.0803. The molecule has 0 bridgehead atoms. The Balaban J connectivity index is 1.36. The summed E-state index contributed by atoms with van der Waals surface area (Å²) < 4.78 is 24.3. The molecule has 2 fully saturated rings. The van der Waals surface area contributed by atoms with Crippen molar-refractivity contribution in [3.05, 3.63) is 83.3 Å². The summed E-state index contributed by atoms with van der Waals surface area (Å²) in [4.78, 5) is 56.0. The lowest BCUT2D eigenvalue weighted by molar-refractivity contribution is -0.158. The van der Waals surface area contributed by atoms with E-state index < -0.39 is 40.8 Å². The molecular formula is C29H30FN3O6. The molecule has 0 aromatic heterocycles. The Bertz CT molecular complexity index is 1270. The number of ketones is 1. The number of nitrogens with zero attached hydrogens (tertiary/aromatic N) is 2. The first-order valence-corrected chi connectivity index (χ1v) is 13.0. The molecule has 5 rings (SSSR count). The maximum atomic E-state index is 13.6. The quantitative estimate of drug-likeness (QED) is 0.467. The van der Waals surface area contributed by atoms with E-state index in [4.69, 9.17) is 9.47 Å². The molecule has 0 aliphatic carbocycles. The zero-order valence-corrected chi connectivity index (χ0v) is 21.4. The van der Waals surface area contributed by atoms with Crippen molar-refractivity contribution < 1.29 is 33.0 Å². The number of nitrogens with one attached hydrogen (secondary N) is 1. The van der Waals surface area contributed by atoms with Gasteiger partial charge in [0.05, 0.1) is 13.2 Å². The summed E-state index contributed by atoms with van der Waals surface area (Å²) in [6, 6.07) is 15.0.